The van der Waals surface area contributed by atoms with Crippen molar-refractivity contribution in [1.82, 2.24) is 9.88 Å². The van der Waals surface area contributed by atoms with Crippen molar-refractivity contribution in [2.24, 2.45) is 0 Å². The molecule has 0 fully saturated rings. The van der Waals surface area contributed by atoms with Gasteiger partial charge in [0.15, 0.2) is 0 Å². The molecule has 0 aromatic carbocycles. The Morgan fingerprint density at radius 3 is 3.07 bits per heavy atom. The van der Waals surface area contributed by atoms with Gasteiger partial charge >= 0.3 is 0 Å². The van der Waals surface area contributed by atoms with Crippen molar-refractivity contribution in [1.29, 1.82) is 5.26 Å². The maximum atomic E-state index is 11.7. The first kappa shape index (κ1) is 11.1. The van der Waals surface area contributed by atoms with E-state index < -0.39 is 0 Å². The van der Waals surface area contributed by atoms with E-state index in [4.69, 9.17) is 10.4 Å². The molecule has 0 aliphatic carbocycles. The van der Waals surface area contributed by atoms with Gasteiger partial charge in [-0.2, -0.15) is 5.26 Å². The van der Waals surface area contributed by atoms with E-state index in [-0.39, 0.29) is 24.8 Å². The summed E-state index contributed by atoms with van der Waals surface area (Å²) in [6.45, 7) is 0.182. The van der Waals surface area contributed by atoms with Gasteiger partial charge in [-0.3, -0.25) is 4.79 Å². The molecule has 1 aromatic heterocycles. The first-order valence-corrected chi connectivity index (χ1v) is 4.41. The summed E-state index contributed by atoms with van der Waals surface area (Å²) in [4.78, 5) is 16.8. The third kappa shape index (κ3) is 2.76. The summed E-state index contributed by atoms with van der Waals surface area (Å²) in [5.74, 6) is -0.233. The topological polar surface area (TPSA) is 77.2 Å². The fourth-order valence-electron chi connectivity index (χ4n) is 1.10. The number of carbonyl (C=O) groups excluding carboxylic acids is 1. The van der Waals surface area contributed by atoms with E-state index in [9.17, 15) is 4.79 Å². The van der Waals surface area contributed by atoms with Crippen molar-refractivity contribution in [3.8, 4) is 6.07 Å². The number of hydrogen-bond donors (Lipinski definition) is 1. The number of carbonyl (C=O) groups is 1. The van der Waals surface area contributed by atoms with E-state index in [1.807, 2.05) is 6.07 Å². The molecule has 0 unspecified atom stereocenters. The van der Waals surface area contributed by atoms with Gasteiger partial charge in [-0.05, 0) is 12.1 Å². The second kappa shape index (κ2) is 5.08. The van der Waals surface area contributed by atoms with Crippen LogP contribution in [-0.2, 0) is 0 Å². The number of aromatic nitrogens is 1. The Bertz CT molecular complexity index is 398. The molecule has 5 heteroatoms. The highest BCUT2D eigenvalue weighted by atomic mass is 16.3. The van der Waals surface area contributed by atoms with Crippen molar-refractivity contribution in [2.45, 2.75) is 0 Å². The van der Waals surface area contributed by atoms with Crippen molar-refractivity contribution in [3.63, 3.8) is 0 Å². The van der Waals surface area contributed by atoms with Crippen LogP contribution in [0.4, 0.5) is 0 Å². The molecule has 0 spiro atoms. The Labute approximate surface area is 87.6 Å². The highest BCUT2D eigenvalue weighted by Gasteiger charge is 2.11. The summed E-state index contributed by atoms with van der Waals surface area (Å²) in [5, 5.41) is 17.3. The minimum atomic E-state index is -0.233. The van der Waals surface area contributed by atoms with Gasteiger partial charge in [0.25, 0.3) is 5.91 Å². The van der Waals surface area contributed by atoms with Gasteiger partial charge in [0.2, 0.25) is 0 Å². The Balaban J connectivity index is 2.87. The van der Waals surface area contributed by atoms with E-state index in [2.05, 4.69) is 4.98 Å². The third-order valence-electron chi connectivity index (χ3n) is 1.90. The van der Waals surface area contributed by atoms with Crippen LogP contribution in [0.3, 0.4) is 0 Å². The van der Waals surface area contributed by atoms with Crippen LogP contribution in [0.5, 0.6) is 0 Å². The van der Waals surface area contributed by atoms with Gasteiger partial charge in [-0.15, -0.1) is 0 Å². The average molecular weight is 205 g/mol. The smallest absolute Gasteiger partial charge is 0.253 e. The first-order valence-electron chi connectivity index (χ1n) is 4.41. The lowest BCUT2D eigenvalue weighted by Crippen LogP contribution is -2.29. The standard InChI is InChI=1S/C10H11N3O2/c1-13(4-5-14)10(15)8-2-3-12-9(6-8)7-11/h2-3,6,14H,4-5H2,1H3. The summed E-state index contributed by atoms with van der Waals surface area (Å²) in [5.41, 5.74) is 0.607. The normalized spacial score (nSPS) is 9.40. The van der Waals surface area contributed by atoms with E-state index in [1.165, 1.54) is 23.2 Å². The molecule has 0 bridgehead atoms. The van der Waals surface area contributed by atoms with Crippen LogP contribution in [0.15, 0.2) is 18.3 Å². The van der Waals surface area contributed by atoms with Gasteiger partial charge < -0.3 is 10.0 Å². The lowest BCUT2D eigenvalue weighted by molar-refractivity contribution is 0.0767. The molecule has 78 valence electrons. The Morgan fingerprint density at radius 2 is 2.47 bits per heavy atom. The lowest BCUT2D eigenvalue weighted by Gasteiger charge is -2.15. The SMILES string of the molecule is CN(CCO)C(=O)c1ccnc(C#N)c1. The predicted octanol–water partition coefficient (Wildman–Crippen LogP) is 0.0176. The summed E-state index contributed by atoms with van der Waals surface area (Å²) in [7, 11) is 1.59. The Morgan fingerprint density at radius 1 is 1.73 bits per heavy atom. The molecule has 0 saturated carbocycles. The summed E-state index contributed by atoms with van der Waals surface area (Å²) in [6.07, 6.45) is 1.42. The molecule has 0 aliphatic rings. The number of aliphatic hydroxyl groups is 1. The number of nitrogens with zero attached hydrogens (tertiary/aromatic N) is 3. The Kier molecular flexibility index (Phi) is 3.77. The van der Waals surface area contributed by atoms with Crippen LogP contribution in [0.2, 0.25) is 0 Å². The van der Waals surface area contributed by atoms with E-state index in [1.54, 1.807) is 7.05 Å². The molecule has 5 nitrogen and oxygen atoms in total. The fourth-order valence-corrected chi connectivity index (χ4v) is 1.10. The zero-order valence-corrected chi connectivity index (χ0v) is 8.34. The van der Waals surface area contributed by atoms with Gasteiger partial charge in [0.1, 0.15) is 11.8 Å². The third-order valence-corrected chi connectivity index (χ3v) is 1.90. The summed E-state index contributed by atoms with van der Waals surface area (Å²) < 4.78 is 0. The predicted molar refractivity (Wildman–Crippen MR) is 53.0 cm³/mol. The molecule has 0 radical (unpaired) electrons. The summed E-state index contributed by atoms with van der Waals surface area (Å²) in [6, 6.07) is 4.83. The fraction of sp³-hybridized carbons (Fsp3) is 0.300. The Hall–Kier alpha value is -1.93. The van der Waals surface area contributed by atoms with Gasteiger partial charge in [-0.1, -0.05) is 0 Å². The van der Waals surface area contributed by atoms with Gasteiger partial charge in [0, 0.05) is 25.4 Å². The van der Waals surface area contributed by atoms with Crippen LogP contribution in [-0.4, -0.2) is 41.1 Å². The largest absolute Gasteiger partial charge is 0.395 e. The number of pyridine rings is 1. The van der Waals surface area contributed by atoms with Crippen molar-refractivity contribution in [3.05, 3.63) is 29.6 Å². The quantitative estimate of drug-likeness (QED) is 0.754. The van der Waals surface area contributed by atoms with E-state index >= 15 is 0 Å². The van der Waals surface area contributed by atoms with Crippen LogP contribution in [0.1, 0.15) is 16.1 Å². The van der Waals surface area contributed by atoms with E-state index in [0.717, 1.165) is 0 Å². The van der Waals surface area contributed by atoms with Gasteiger partial charge in [0.05, 0.1) is 6.61 Å². The molecule has 1 aromatic rings. The van der Waals surface area contributed by atoms with Crippen molar-refractivity contribution in [2.75, 3.05) is 20.2 Å². The number of rotatable bonds is 3. The molecule has 1 amide bonds. The molecule has 0 aliphatic heterocycles. The zero-order valence-electron chi connectivity index (χ0n) is 8.34. The van der Waals surface area contributed by atoms with Gasteiger partial charge in [-0.25, -0.2) is 4.98 Å². The maximum absolute atomic E-state index is 11.7. The second-order valence-electron chi connectivity index (χ2n) is 2.99. The molecule has 0 atom stereocenters. The molecule has 1 heterocycles. The first-order chi connectivity index (χ1) is 7.19. The maximum Gasteiger partial charge on any atom is 0.253 e. The van der Waals surface area contributed by atoms with E-state index in [0.29, 0.717) is 5.56 Å². The highest BCUT2D eigenvalue weighted by Crippen LogP contribution is 2.04. The minimum Gasteiger partial charge on any atom is -0.395 e. The number of amides is 1. The van der Waals surface area contributed by atoms with Crippen LogP contribution >= 0.6 is 0 Å². The second-order valence-corrected chi connectivity index (χ2v) is 2.99. The lowest BCUT2D eigenvalue weighted by atomic mass is 10.2. The van der Waals surface area contributed by atoms with Crippen LogP contribution in [0, 0.1) is 11.3 Å². The molecule has 0 saturated heterocycles. The number of likely N-dealkylation sites (N-methyl/N-ethyl adjacent to an activating group) is 1. The molecule has 1 rings (SSSR count). The monoisotopic (exact) mass is 205 g/mol. The minimum absolute atomic E-state index is 0.0849. The zero-order chi connectivity index (χ0) is 11.3. The van der Waals surface area contributed by atoms with Crippen LogP contribution in [0.25, 0.3) is 0 Å². The average Bonchev–Trinajstić information content (AvgIpc) is 2.28. The molecular weight excluding hydrogens is 194 g/mol. The number of hydrogen-bond acceptors (Lipinski definition) is 4. The molecule has 1 N–H and O–H groups in total. The van der Waals surface area contributed by atoms with Crippen molar-refractivity contribution < 1.29 is 9.90 Å². The molecule has 15 heavy (non-hydrogen) atoms. The molecular formula is C10H11N3O2. The highest BCUT2D eigenvalue weighted by molar-refractivity contribution is 5.94. The van der Waals surface area contributed by atoms with Crippen molar-refractivity contribution >= 4 is 5.91 Å². The number of aliphatic hydroxyl groups excluding tert-OH is 1. The number of nitriles is 1. The summed E-state index contributed by atoms with van der Waals surface area (Å²) >= 11 is 0. The van der Waals surface area contributed by atoms with Crippen LogP contribution < -0.4 is 0 Å².